The van der Waals surface area contributed by atoms with Crippen molar-refractivity contribution in [1.29, 1.82) is 0 Å². The highest BCUT2D eigenvalue weighted by Crippen LogP contribution is 2.30. The minimum Gasteiger partial charge on any atom is -0.369 e. The van der Waals surface area contributed by atoms with Gasteiger partial charge in [0.15, 0.2) is 0 Å². The first-order valence-electron chi connectivity index (χ1n) is 6.75. The molecule has 106 valence electrons. The van der Waals surface area contributed by atoms with Gasteiger partial charge >= 0.3 is 0 Å². The summed E-state index contributed by atoms with van der Waals surface area (Å²) in [5.74, 6) is 4.15. The van der Waals surface area contributed by atoms with E-state index >= 15 is 0 Å². The summed E-state index contributed by atoms with van der Waals surface area (Å²) in [6, 6.07) is 0.328. The van der Waals surface area contributed by atoms with Crippen molar-refractivity contribution in [2.75, 3.05) is 37.0 Å². The molecule has 2 rings (SSSR count). The van der Waals surface area contributed by atoms with E-state index in [0.717, 1.165) is 47.1 Å². The zero-order valence-electron chi connectivity index (χ0n) is 11.7. The Morgan fingerprint density at radius 1 is 1.42 bits per heavy atom. The molecule has 0 aromatic carbocycles. The van der Waals surface area contributed by atoms with Crippen LogP contribution in [-0.4, -0.2) is 46.5 Å². The van der Waals surface area contributed by atoms with Gasteiger partial charge in [-0.3, -0.25) is 4.90 Å². The molecule has 1 saturated heterocycles. The maximum absolute atomic E-state index is 4.75. The van der Waals surface area contributed by atoms with Gasteiger partial charge in [-0.05, 0) is 36.3 Å². The van der Waals surface area contributed by atoms with Crippen LogP contribution in [0.25, 0.3) is 0 Å². The average molecular weight is 345 g/mol. The fourth-order valence-corrected chi connectivity index (χ4v) is 3.95. The molecule has 1 aliphatic rings. The Morgan fingerprint density at radius 2 is 2.21 bits per heavy atom. The second kappa shape index (κ2) is 6.90. The van der Waals surface area contributed by atoms with Crippen LogP contribution in [0.3, 0.4) is 0 Å². The van der Waals surface area contributed by atoms with Gasteiger partial charge in [-0.25, -0.2) is 9.97 Å². The highest BCUT2D eigenvalue weighted by atomic mass is 79.9. The van der Waals surface area contributed by atoms with Crippen LogP contribution >= 0.6 is 27.7 Å². The Morgan fingerprint density at radius 3 is 2.84 bits per heavy atom. The summed E-state index contributed by atoms with van der Waals surface area (Å²) in [6.07, 6.45) is 0.915. The second-order valence-corrected chi connectivity index (χ2v) is 6.59. The Labute approximate surface area is 127 Å². The summed E-state index contributed by atoms with van der Waals surface area (Å²) in [5.41, 5.74) is 1.09. The Hall–Kier alpha value is -0.330. The van der Waals surface area contributed by atoms with E-state index in [1.807, 2.05) is 11.8 Å². The summed E-state index contributed by atoms with van der Waals surface area (Å²) in [5, 5.41) is 3.32. The van der Waals surface area contributed by atoms with Crippen LogP contribution in [-0.2, 0) is 6.42 Å². The van der Waals surface area contributed by atoms with Crippen LogP contribution in [0.5, 0.6) is 0 Å². The van der Waals surface area contributed by atoms with Crippen LogP contribution in [0, 0.1) is 0 Å². The molecule has 0 radical (unpaired) electrons. The molecule has 0 bridgehead atoms. The zero-order valence-corrected chi connectivity index (χ0v) is 14.1. The lowest BCUT2D eigenvalue weighted by molar-refractivity contribution is 0.264. The largest absolute Gasteiger partial charge is 0.369 e. The third kappa shape index (κ3) is 3.41. The quantitative estimate of drug-likeness (QED) is 0.909. The maximum atomic E-state index is 4.75. The van der Waals surface area contributed by atoms with Gasteiger partial charge in [-0.15, -0.1) is 0 Å². The summed E-state index contributed by atoms with van der Waals surface area (Å²) >= 11 is 5.59. The Balaban J connectivity index is 2.36. The van der Waals surface area contributed by atoms with E-state index in [0.29, 0.717) is 6.04 Å². The van der Waals surface area contributed by atoms with Crippen molar-refractivity contribution >= 4 is 33.5 Å². The first kappa shape index (κ1) is 15.1. The van der Waals surface area contributed by atoms with Crippen molar-refractivity contribution in [2.45, 2.75) is 26.3 Å². The fraction of sp³-hybridized carbons (Fsp3) is 0.692. The predicted octanol–water partition coefficient (Wildman–Crippen LogP) is 2.95. The highest BCUT2D eigenvalue weighted by Gasteiger charge is 2.25. The van der Waals surface area contributed by atoms with Crippen molar-refractivity contribution in [3.63, 3.8) is 0 Å². The van der Waals surface area contributed by atoms with Crippen LogP contribution < -0.4 is 5.32 Å². The molecular weight excluding hydrogens is 324 g/mol. The van der Waals surface area contributed by atoms with Crippen molar-refractivity contribution in [3.05, 3.63) is 16.0 Å². The molecule has 0 amide bonds. The van der Waals surface area contributed by atoms with E-state index in [4.69, 9.17) is 9.97 Å². The highest BCUT2D eigenvalue weighted by molar-refractivity contribution is 9.10. The van der Waals surface area contributed by atoms with Gasteiger partial charge in [-0.1, -0.05) is 6.92 Å². The SMILES string of the molecule is CCNc1nc(C2CSCCN2C)nc(CC)c1Br. The minimum atomic E-state index is 0.328. The number of nitrogens with zero attached hydrogens (tertiary/aromatic N) is 3. The van der Waals surface area contributed by atoms with Crippen LogP contribution in [0.4, 0.5) is 5.82 Å². The molecule has 1 atom stereocenters. The molecule has 4 nitrogen and oxygen atoms in total. The number of anilines is 1. The number of hydrogen-bond donors (Lipinski definition) is 1. The Kier molecular flexibility index (Phi) is 5.47. The van der Waals surface area contributed by atoms with Crippen molar-refractivity contribution in [3.8, 4) is 0 Å². The van der Waals surface area contributed by atoms with E-state index in [-0.39, 0.29) is 0 Å². The second-order valence-electron chi connectivity index (χ2n) is 4.65. The van der Waals surface area contributed by atoms with Crippen molar-refractivity contribution in [1.82, 2.24) is 14.9 Å². The Bertz CT molecular complexity index is 441. The molecule has 1 unspecified atom stereocenters. The van der Waals surface area contributed by atoms with Gasteiger partial charge in [-0.2, -0.15) is 11.8 Å². The van der Waals surface area contributed by atoms with E-state index in [1.165, 1.54) is 5.75 Å². The number of aryl methyl sites for hydroxylation is 1. The molecule has 19 heavy (non-hydrogen) atoms. The van der Waals surface area contributed by atoms with Crippen LogP contribution in [0.15, 0.2) is 4.47 Å². The molecule has 6 heteroatoms. The minimum absolute atomic E-state index is 0.328. The summed E-state index contributed by atoms with van der Waals surface area (Å²) < 4.78 is 1.01. The van der Waals surface area contributed by atoms with Gasteiger partial charge in [0.1, 0.15) is 11.6 Å². The lowest BCUT2D eigenvalue weighted by Crippen LogP contribution is -2.34. The van der Waals surface area contributed by atoms with Crippen LogP contribution in [0.2, 0.25) is 0 Å². The van der Waals surface area contributed by atoms with Crippen molar-refractivity contribution < 1.29 is 0 Å². The molecule has 0 spiro atoms. The number of rotatable bonds is 4. The van der Waals surface area contributed by atoms with E-state index in [9.17, 15) is 0 Å². The van der Waals surface area contributed by atoms with Gasteiger partial charge in [0.25, 0.3) is 0 Å². The van der Waals surface area contributed by atoms with E-state index in [2.05, 4.69) is 47.0 Å². The molecule has 1 fully saturated rings. The summed E-state index contributed by atoms with van der Waals surface area (Å²) in [6.45, 7) is 6.19. The first-order chi connectivity index (χ1) is 9.17. The number of hydrogen-bond acceptors (Lipinski definition) is 5. The zero-order chi connectivity index (χ0) is 13.8. The number of aromatic nitrogens is 2. The third-order valence-electron chi connectivity index (χ3n) is 3.31. The van der Waals surface area contributed by atoms with Crippen molar-refractivity contribution in [2.24, 2.45) is 0 Å². The lowest BCUT2D eigenvalue weighted by atomic mass is 10.2. The number of thioether (sulfide) groups is 1. The molecule has 1 aromatic rings. The van der Waals surface area contributed by atoms with Crippen LogP contribution in [0.1, 0.15) is 31.4 Å². The maximum Gasteiger partial charge on any atom is 0.149 e. The third-order valence-corrected chi connectivity index (χ3v) is 5.17. The predicted molar refractivity (Wildman–Crippen MR) is 86.0 cm³/mol. The normalized spacial score (nSPS) is 20.5. The molecule has 1 aliphatic heterocycles. The molecular formula is C13H21BrN4S. The molecule has 1 N–H and O–H groups in total. The van der Waals surface area contributed by atoms with E-state index in [1.54, 1.807) is 0 Å². The molecule has 0 aliphatic carbocycles. The molecule has 2 heterocycles. The lowest BCUT2D eigenvalue weighted by Gasteiger charge is -2.31. The topological polar surface area (TPSA) is 41.1 Å². The van der Waals surface area contributed by atoms with Gasteiger partial charge in [0, 0.05) is 24.6 Å². The fourth-order valence-electron chi connectivity index (χ4n) is 2.14. The van der Waals surface area contributed by atoms with Gasteiger partial charge < -0.3 is 5.32 Å². The smallest absolute Gasteiger partial charge is 0.149 e. The van der Waals surface area contributed by atoms with Gasteiger partial charge in [0.2, 0.25) is 0 Å². The first-order valence-corrected chi connectivity index (χ1v) is 8.70. The number of halogens is 1. The number of nitrogens with one attached hydrogen (secondary N) is 1. The molecule has 0 saturated carbocycles. The molecule has 1 aromatic heterocycles. The summed E-state index contributed by atoms with van der Waals surface area (Å²) in [7, 11) is 2.16. The van der Waals surface area contributed by atoms with Gasteiger partial charge in [0.05, 0.1) is 16.2 Å². The standard InChI is InChI=1S/C13H21BrN4S/c1-4-9-11(14)13(15-5-2)17-12(16-9)10-8-19-7-6-18(10)3/h10H,4-8H2,1-3H3,(H,15,16,17). The summed E-state index contributed by atoms with van der Waals surface area (Å²) in [4.78, 5) is 11.8. The van der Waals surface area contributed by atoms with E-state index < -0.39 is 0 Å². The monoisotopic (exact) mass is 344 g/mol. The average Bonchev–Trinajstić information content (AvgIpc) is 2.42.